The molecular formula is C18H23N5O. The maximum Gasteiger partial charge on any atom is 0.266 e. The van der Waals surface area contributed by atoms with E-state index in [0.29, 0.717) is 17.9 Å². The molecule has 0 spiro atoms. The van der Waals surface area contributed by atoms with Crippen molar-refractivity contribution >= 4 is 17.0 Å². The number of para-hydroxylation sites is 2. The average molecular weight is 325 g/mol. The lowest BCUT2D eigenvalue weighted by Gasteiger charge is -2.23. The summed E-state index contributed by atoms with van der Waals surface area (Å²) < 4.78 is 7.70. The molecule has 0 aliphatic carbocycles. The van der Waals surface area contributed by atoms with E-state index < -0.39 is 0 Å². The molecule has 1 aliphatic rings. The van der Waals surface area contributed by atoms with Crippen molar-refractivity contribution in [3.63, 3.8) is 0 Å². The monoisotopic (exact) mass is 325 g/mol. The molecule has 0 bridgehead atoms. The van der Waals surface area contributed by atoms with Crippen molar-refractivity contribution in [3.05, 3.63) is 36.5 Å². The van der Waals surface area contributed by atoms with Gasteiger partial charge in [-0.05, 0) is 30.1 Å². The molecule has 2 aromatic heterocycles. The Labute approximate surface area is 141 Å². The summed E-state index contributed by atoms with van der Waals surface area (Å²) in [7, 11) is 0. The zero-order valence-electron chi connectivity index (χ0n) is 14.4. The molecule has 0 radical (unpaired) electrons. The van der Waals surface area contributed by atoms with Gasteiger partial charge < -0.3 is 14.0 Å². The van der Waals surface area contributed by atoms with Gasteiger partial charge in [-0.2, -0.15) is 4.98 Å². The highest BCUT2D eigenvalue weighted by atomic mass is 16.5. The molecule has 126 valence electrons. The van der Waals surface area contributed by atoms with Crippen LogP contribution in [0.2, 0.25) is 0 Å². The van der Waals surface area contributed by atoms with Crippen molar-refractivity contribution in [1.29, 1.82) is 0 Å². The van der Waals surface area contributed by atoms with E-state index in [4.69, 9.17) is 4.52 Å². The predicted octanol–water partition coefficient (Wildman–Crippen LogP) is 3.39. The molecule has 0 saturated carbocycles. The number of imidazole rings is 1. The van der Waals surface area contributed by atoms with Crippen molar-refractivity contribution in [2.45, 2.75) is 51.6 Å². The number of fused-ring (bicyclic) bond motifs is 1. The van der Waals surface area contributed by atoms with Crippen LogP contribution < -0.4 is 4.90 Å². The van der Waals surface area contributed by atoms with Gasteiger partial charge in [0.15, 0.2) is 0 Å². The van der Waals surface area contributed by atoms with Crippen LogP contribution in [0, 0.1) is 0 Å². The Kier molecular flexibility index (Phi) is 3.55. The summed E-state index contributed by atoms with van der Waals surface area (Å²) in [4.78, 5) is 11.4. The minimum absolute atomic E-state index is 0.124. The zero-order chi connectivity index (χ0) is 16.7. The highest BCUT2D eigenvalue weighted by molar-refractivity contribution is 5.74. The Hall–Kier alpha value is -2.37. The molecule has 1 saturated heterocycles. The van der Waals surface area contributed by atoms with Gasteiger partial charge in [0.05, 0.1) is 23.4 Å². The van der Waals surface area contributed by atoms with E-state index in [1.54, 1.807) is 0 Å². The number of aromatic nitrogens is 4. The molecule has 3 heterocycles. The van der Waals surface area contributed by atoms with Crippen LogP contribution in [0.15, 0.2) is 35.1 Å². The van der Waals surface area contributed by atoms with Crippen LogP contribution in [-0.2, 0) is 12.0 Å². The number of nitrogens with zero attached hydrogens (tertiary/aromatic N) is 5. The van der Waals surface area contributed by atoms with E-state index in [1.807, 2.05) is 18.5 Å². The Morgan fingerprint density at radius 1 is 1.25 bits per heavy atom. The normalized spacial score (nSPS) is 18.6. The number of hydrogen-bond donors (Lipinski definition) is 0. The zero-order valence-corrected chi connectivity index (χ0v) is 14.4. The summed E-state index contributed by atoms with van der Waals surface area (Å²) in [5.41, 5.74) is 2.09. The number of rotatable bonds is 3. The van der Waals surface area contributed by atoms with Gasteiger partial charge in [-0.15, -0.1) is 0 Å². The first-order chi connectivity index (χ1) is 11.5. The van der Waals surface area contributed by atoms with Crippen molar-refractivity contribution in [2.24, 2.45) is 0 Å². The summed E-state index contributed by atoms with van der Waals surface area (Å²) in [6, 6.07) is 8.62. The molecule has 3 aromatic rings. The molecule has 6 heteroatoms. The van der Waals surface area contributed by atoms with Crippen LogP contribution in [0.4, 0.5) is 5.95 Å². The minimum Gasteiger partial charge on any atom is -0.337 e. The Morgan fingerprint density at radius 2 is 2.08 bits per heavy atom. The van der Waals surface area contributed by atoms with Crippen LogP contribution in [0.5, 0.6) is 0 Å². The summed E-state index contributed by atoms with van der Waals surface area (Å²) in [6.07, 6.45) is 4.21. The summed E-state index contributed by atoms with van der Waals surface area (Å²) >= 11 is 0. The van der Waals surface area contributed by atoms with E-state index in [2.05, 4.69) is 57.5 Å². The van der Waals surface area contributed by atoms with Gasteiger partial charge in [0.1, 0.15) is 0 Å². The van der Waals surface area contributed by atoms with Crippen LogP contribution in [0.3, 0.4) is 0 Å². The fourth-order valence-corrected chi connectivity index (χ4v) is 3.31. The lowest BCUT2D eigenvalue weighted by Crippen LogP contribution is -2.33. The molecule has 4 rings (SSSR count). The third-order valence-electron chi connectivity index (χ3n) is 4.63. The lowest BCUT2D eigenvalue weighted by atomic mass is 9.97. The SMILES string of the molecule is CC(C)(C)c1nc(N2CCCC2Cn2cnc3ccccc32)no1. The Bertz CT molecular complexity index is 844. The predicted molar refractivity (Wildman–Crippen MR) is 93.1 cm³/mol. The summed E-state index contributed by atoms with van der Waals surface area (Å²) in [5, 5.41) is 4.22. The molecule has 0 amide bonds. The fraction of sp³-hybridized carbons (Fsp3) is 0.500. The fourth-order valence-electron chi connectivity index (χ4n) is 3.31. The molecule has 1 aromatic carbocycles. The molecule has 1 aliphatic heterocycles. The molecule has 0 N–H and O–H groups in total. The van der Waals surface area contributed by atoms with Crippen LogP contribution in [0.1, 0.15) is 39.5 Å². The second-order valence-electron chi connectivity index (χ2n) is 7.52. The van der Waals surface area contributed by atoms with Crippen LogP contribution in [-0.4, -0.2) is 32.3 Å². The molecule has 6 nitrogen and oxygen atoms in total. The summed E-state index contributed by atoms with van der Waals surface area (Å²) in [6.45, 7) is 8.12. The van der Waals surface area contributed by atoms with Crippen molar-refractivity contribution in [2.75, 3.05) is 11.4 Å². The van der Waals surface area contributed by atoms with Gasteiger partial charge in [0.25, 0.3) is 5.95 Å². The summed E-state index contributed by atoms with van der Waals surface area (Å²) in [5.74, 6) is 1.41. The number of hydrogen-bond acceptors (Lipinski definition) is 5. The van der Waals surface area contributed by atoms with Crippen molar-refractivity contribution < 1.29 is 4.52 Å². The largest absolute Gasteiger partial charge is 0.337 e. The van der Waals surface area contributed by atoms with Gasteiger partial charge in [-0.25, -0.2) is 4.98 Å². The highest BCUT2D eigenvalue weighted by Gasteiger charge is 2.30. The minimum atomic E-state index is -0.124. The van der Waals surface area contributed by atoms with E-state index in [0.717, 1.165) is 31.4 Å². The highest BCUT2D eigenvalue weighted by Crippen LogP contribution is 2.28. The van der Waals surface area contributed by atoms with Gasteiger partial charge in [-0.1, -0.05) is 32.9 Å². The van der Waals surface area contributed by atoms with Crippen LogP contribution in [0.25, 0.3) is 11.0 Å². The average Bonchev–Trinajstić information content (AvgIpc) is 3.26. The number of benzene rings is 1. The molecule has 1 unspecified atom stereocenters. The van der Waals surface area contributed by atoms with Crippen LogP contribution >= 0.6 is 0 Å². The first-order valence-corrected chi connectivity index (χ1v) is 8.53. The van der Waals surface area contributed by atoms with E-state index in [9.17, 15) is 0 Å². The van der Waals surface area contributed by atoms with Gasteiger partial charge in [0, 0.05) is 18.5 Å². The molecule has 1 fully saturated rings. The van der Waals surface area contributed by atoms with E-state index in [-0.39, 0.29) is 5.41 Å². The standard InChI is InChI=1S/C18H23N5O/c1-18(2,3)16-20-17(21-24-16)23-10-6-7-13(23)11-22-12-19-14-8-4-5-9-15(14)22/h4-5,8-9,12-13H,6-7,10-11H2,1-3H3. The Morgan fingerprint density at radius 3 is 2.88 bits per heavy atom. The first-order valence-electron chi connectivity index (χ1n) is 8.53. The van der Waals surface area contributed by atoms with Crippen molar-refractivity contribution in [3.8, 4) is 0 Å². The molecule has 1 atom stereocenters. The maximum absolute atomic E-state index is 5.47. The topological polar surface area (TPSA) is 60.0 Å². The molecule has 24 heavy (non-hydrogen) atoms. The van der Waals surface area contributed by atoms with Crippen molar-refractivity contribution in [1.82, 2.24) is 19.7 Å². The Balaban J connectivity index is 1.58. The maximum atomic E-state index is 5.47. The second-order valence-corrected chi connectivity index (χ2v) is 7.52. The van der Waals surface area contributed by atoms with Gasteiger partial charge in [0.2, 0.25) is 5.89 Å². The third kappa shape index (κ3) is 2.66. The van der Waals surface area contributed by atoms with E-state index in [1.165, 1.54) is 5.52 Å². The third-order valence-corrected chi connectivity index (χ3v) is 4.63. The lowest BCUT2D eigenvalue weighted by molar-refractivity contribution is 0.320. The van der Waals surface area contributed by atoms with Gasteiger partial charge >= 0.3 is 0 Å². The van der Waals surface area contributed by atoms with E-state index >= 15 is 0 Å². The quantitative estimate of drug-likeness (QED) is 0.739. The second kappa shape index (κ2) is 5.61. The first kappa shape index (κ1) is 15.2. The smallest absolute Gasteiger partial charge is 0.266 e. The number of anilines is 1. The van der Waals surface area contributed by atoms with Gasteiger partial charge in [-0.3, -0.25) is 0 Å². The molecular weight excluding hydrogens is 302 g/mol.